The average molecular weight is 338 g/mol. The molecule has 4 nitrogen and oxygen atoms in total. The first-order valence-electron chi connectivity index (χ1n) is 4.93. The van der Waals surface area contributed by atoms with Crippen molar-refractivity contribution in [2.75, 3.05) is 5.32 Å². The third-order valence-corrected chi connectivity index (χ3v) is 2.90. The predicted molar refractivity (Wildman–Crippen MR) is 68.5 cm³/mol. The Bertz CT molecular complexity index is 546. The maximum atomic E-state index is 12.2. The van der Waals surface area contributed by atoms with Crippen LogP contribution < -0.4 is 5.32 Å². The Balaban J connectivity index is 2.13. The Labute approximate surface area is 115 Å². The number of anilines is 2. The molecule has 96 valence electrons. The lowest BCUT2D eigenvalue weighted by atomic mass is 10.4. The second-order valence-corrected chi connectivity index (χ2v) is 4.70. The van der Waals surface area contributed by atoms with E-state index in [1.165, 1.54) is 17.1 Å². The number of hydrogen-bond donors (Lipinski definition) is 1. The van der Waals surface area contributed by atoms with E-state index in [0.717, 1.165) is 0 Å². The van der Waals surface area contributed by atoms with Crippen LogP contribution in [0.25, 0.3) is 0 Å². The summed E-state index contributed by atoms with van der Waals surface area (Å²) >= 11 is 9.07. The van der Waals surface area contributed by atoms with E-state index in [1.54, 1.807) is 12.3 Å². The molecule has 2 aromatic heterocycles. The van der Waals surface area contributed by atoms with E-state index >= 15 is 0 Å². The number of nitrogens with zero attached hydrogens (tertiary/aromatic N) is 3. The Kier molecular flexibility index (Phi) is 4.13. The summed E-state index contributed by atoms with van der Waals surface area (Å²) in [5.41, 5.74) is 1.28. The van der Waals surface area contributed by atoms with Crippen LogP contribution in [0.2, 0.25) is 5.15 Å². The van der Waals surface area contributed by atoms with Crippen LogP contribution in [-0.2, 0) is 6.54 Å². The van der Waals surface area contributed by atoms with Gasteiger partial charge in [-0.15, -0.1) is 0 Å². The summed E-state index contributed by atoms with van der Waals surface area (Å²) in [7, 11) is 0. The number of halogens is 4. The summed E-state index contributed by atoms with van der Waals surface area (Å²) in [4.78, 5) is 3.88. The molecule has 0 bridgehead atoms. The maximum Gasteiger partial charge on any atom is 0.257 e. The van der Waals surface area contributed by atoms with Gasteiger partial charge in [-0.2, -0.15) is 5.10 Å². The van der Waals surface area contributed by atoms with E-state index in [2.05, 4.69) is 31.3 Å². The quantitative estimate of drug-likeness (QED) is 0.865. The van der Waals surface area contributed by atoms with Gasteiger partial charge in [0.25, 0.3) is 6.43 Å². The summed E-state index contributed by atoms with van der Waals surface area (Å²) in [6, 6.07) is 1.62. The number of nitrogens with one attached hydrogen (secondary N) is 1. The zero-order valence-electron chi connectivity index (χ0n) is 8.95. The van der Waals surface area contributed by atoms with Crippen molar-refractivity contribution in [3.63, 3.8) is 0 Å². The standard InChI is InChI=1S/C10H8BrClF2N4/c11-7-3-15-9(12)1-8(7)17-6-2-16-18(4-6)5-10(13)14/h1-4,10H,5H2,(H,15,17). The van der Waals surface area contributed by atoms with Gasteiger partial charge >= 0.3 is 0 Å². The third-order valence-electron chi connectivity index (χ3n) is 2.06. The minimum absolute atomic E-state index is 0.334. The van der Waals surface area contributed by atoms with Gasteiger partial charge in [-0.25, -0.2) is 13.8 Å². The minimum Gasteiger partial charge on any atom is -0.352 e. The van der Waals surface area contributed by atoms with Gasteiger partial charge in [-0.1, -0.05) is 11.6 Å². The number of hydrogen-bond acceptors (Lipinski definition) is 3. The van der Waals surface area contributed by atoms with Gasteiger partial charge in [0, 0.05) is 18.5 Å². The Hall–Kier alpha value is -1.21. The van der Waals surface area contributed by atoms with Gasteiger partial charge in [0.2, 0.25) is 0 Å². The van der Waals surface area contributed by atoms with Gasteiger partial charge < -0.3 is 5.32 Å². The predicted octanol–water partition coefficient (Wildman–Crippen LogP) is 3.70. The van der Waals surface area contributed by atoms with Gasteiger partial charge in [0.05, 0.1) is 22.0 Å². The van der Waals surface area contributed by atoms with Crippen molar-refractivity contribution >= 4 is 38.9 Å². The van der Waals surface area contributed by atoms with E-state index < -0.39 is 13.0 Å². The van der Waals surface area contributed by atoms with Gasteiger partial charge in [-0.05, 0) is 15.9 Å². The zero-order valence-corrected chi connectivity index (χ0v) is 11.3. The van der Waals surface area contributed by atoms with Crippen LogP contribution in [0, 0.1) is 0 Å². The molecule has 1 N–H and O–H groups in total. The van der Waals surface area contributed by atoms with Gasteiger partial charge in [-0.3, -0.25) is 4.68 Å². The van der Waals surface area contributed by atoms with Crippen molar-refractivity contribution in [3.8, 4) is 0 Å². The molecule has 2 aromatic rings. The molecule has 0 aliphatic carbocycles. The molecule has 0 atom stereocenters. The molecular weight excluding hydrogens is 329 g/mol. The molecule has 2 rings (SSSR count). The van der Waals surface area contributed by atoms with Crippen LogP contribution >= 0.6 is 27.5 Å². The largest absolute Gasteiger partial charge is 0.352 e. The second-order valence-electron chi connectivity index (χ2n) is 3.45. The first-order valence-corrected chi connectivity index (χ1v) is 6.10. The summed E-state index contributed by atoms with van der Waals surface area (Å²) in [6.07, 6.45) is 2.07. The van der Waals surface area contributed by atoms with Crippen LogP contribution in [0.1, 0.15) is 0 Å². The number of alkyl halides is 2. The van der Waals surface area contributed by atoms with Crippen molar-refractivity contribution in [2.24, 2.45) is 0 Å². The molecule has 0 radical (unpaired) electrons. The Morgan fingerprint density at radius 1 is 1.44 bits per heavy atom. The van der Waals surface area contributed by atoms with E-state index in [-0.39, 0.29) is 0 Å². The Morgan fingerprint density at radius 2 is 2.22 bits per heavy atom. The van der Waals surface area contributed by atoms with Gasteiger partial charge in [0.1, 0.15) is 11.7 Å². The number of aromatic nitrogens is 3. The van der Waals surface area contributed by atoms with Gasteiger partial charge in [0.15, 0.2) is 0 Å². The van der Waals surface area contributed by atoms with E-state index in [4.69, 9.17) is 11.6 Å². The van der Waals surface area contributed by atoms with Crippen LogP contribution in [0.5, 0.6) is 0 Å². The molecule has 0 saturated carbocycles. The van der Waals surface area contributed by atoms with Crippen LogP contribution in [0.3, 0.4) is 0 Å². The third kappa shape index (κ3) is 3.39. The fourth-order valence-corrected chi connectivity index (χ4v) is 1.81. The fourth-order valence-electron chi connectivity index (χ4n) is 1.33. The van der Waals surface area contributed by atoms with Crippen molar-refractivity contribution < 1.29 is 8.78 Å². The van der Waals surface area contributed by atoms with Crippen LogP contribution in [0.4, 0.5) is 20.2 Å². The van der Waals surface area contributed by atoms with Crippen molar-refractivity contribution in [3.05, 3.63) is 34.3 Å². The highest BCUT2D eigenvalue weighted by Gasteiger charge is 2.07. The smallest absolute Gasteiger partial charge is 0.257 e. The molecule has 0 aliphatic rings. The minimum atomic E-state index is -2.43. The summed E-state index contributed by atoms with van der Waals surface area (Å²) in [5, 5.41) is 7.16. The Morgan fingerprint density at radius 3 is 2.94 bits per heavy atom. The second kappa shape index (κ2) is 5.62. The summed E-state index contributed by atoms with van der Waals surface area (Å²) in [6.45, 7) is -0.431. The summed E-state index contributed by atoms with van der Waals surface area (Å²) in [5.74, 6) is 0. The molecule has 2 heterocycles. The molecule has 0 spiro atoms. The molecule has 0 amide bonds. The maximum absolute atomic E-state index is 12.2. The molecular formula is C10H8BrClF2N4. The van der Waals surface area contributed by atoms with Crippen molar-refractivity contribution in [2.45, 2.75) is 13.0 Å². The zero-order chi connectivity index (χ0) is 13.1. The highest BCUT2D eigenvalue weighted by molar-refractivity contribution is 9.10. The first-order chi connectivity index (χ1) is 8.54. The van der Waals surface area contributed by atoms with E-state index in [0.29, 0.717) is 21.0 Å². The molecule has 0 aliphatic heterocycles. The lowest BCUT2D eigenvalue weighted by molar-refractivity contribution is 0.122. The normalized spacial score (nSPS) is 10.9. The van der Waals surface area contributed by atoms with Crippen molar-refractivity contribution in [1.29, 1.82) is 0 Å². The van der Waals surface area contributed by atoms with Crippen LogP contribution in [-0.4, -0.2) is 21.2 Å². The molecule has 0 saturated heterocycles. The fraction of sp³-hybridized carbons (Fsp3) is 0.200. The van der Waals surface area contributed by atoms with E-state index in [9.17, 15) is 8.78 Å². The SMILES string of the molecule is FC(F)Cn1cc(Nc2cc(Cl)ncc2Br)cn1. The molecule has 0 unspecified atom stereocenters. The molecule has 8 heteroatoms. The highest BCUT2D eigenvalue weighted by atomic mass is 79.9. The average Bonchev–Trinajstić information content (AvgIpc) is 2.70. The van der Waals surface area contributed by atoms with Crippen LogP contribution in [0.15, 0.2) is 29.1 Å². The number of pyridine rings is 1. The highest BCUT2D eigenvalue weighted by Crippen LogP contribution is 2.27. The number of rotatable bonds is 4. The van der Waals surface area contributed by atoms with E-state index in [1.807, 2.05) is 0 Å². The topological polar surface area (TPSA) is 42.7 Å². The van der Waals surface area contributed by atoms with Crippen molar-refractivity contribution in [1.82, 2.24) is 14.8 Å². The first kappa shape index (κ1) is 13.2. The monoisotopic (exact) mass is 336 g/mol. The lowest BCUT2D eigenvalue weighted by Crippen LogP contribution is -2.06. The lowest BCUT2D eigenvalue weighted by Gasteiger charge is -2.05. The molecule has 0 fully saturated rings. The summed E-state index contributed by atoms with van der Waals surface area (Å²) < 4.78 is 26.2. The molecule has 0 aromatic carbocycles. The molecule has 18 heavy (non-hydrogen) atoms.